The van der Waals surface area contributed by atoms with E-state index in [2.05, 4.69) is 10.6 Å². The van der Waals surface area contributed by atoms with Gasteiger partial charge in [-0.15, -0.1) is 0 Å². The van der Waals surface area contributed by atoms with Gasteiger partial charge in [0.25, 0.3) is 5.91 Å². The van der Waals surface area contributed by atoms with Crippen molar-refractivity contribution in [3.05, 3.63) is 84.4 Å². The van der Waals surface area contributed by atoms with E-state index in [0.29, 0.717) is 35.2 Å². The highest BCUT2D eigenvalue weighted by Gasteiger charge is 2.25. The normalized spacial score (nSPS) is 13.0. The number of likely N-dealkylation sites (N-methyl/N-ethyl adjacent to an activating group) is 1. The van der Waals surface area contributed by atoms with Gasteiger partial charge in [0.2, 0.25) is 5.91 Å². The molecule has 1 aliphatic rings. The molecule has 0 spiro atoms. The second-order valence-electron chi connectivity index (χ2n) is 10.8. The molecule has 1 aliphatic carbocycles. The number of rotatable bonds is 12. The number of carbonyl (C=O) groups excluding carboxylic acids is 4. The second-order valence-corrected chi connectivity index (χ2v) is 10.8. The number of amides is 4. The molecular formula is C34H40N4O6. The summed E-state index contributed by atoms with van der Waals surface area (Å²) in [7, 11) is 3.01. The van der Waals surface area contributed by atoms with Crippen molar-refractivity contribution < 1.29 is 28.7 Å². The molecule has 3 aromatic carbocycles. The Bertz CT molecular complexity index is 1420. The number of benzene rings is 3. The van der Waals surface area contributed by atoms with Crippen molar-refractivity contribution in [1.82, 2.24) is 5.32 Å². The molecule has 1 saturated carbocycles. The lowest BCUT2D eigenvalue weighted by Gasteiger charge is -2.31. The SMILES string of the molecule is COC(=O)Cc1cccc(NC(=O)NCC(=O)N(CC2CCCCC2)c2ccccc2OCC(=O)N(C)c2ccccc2)c1. The molecule has 0 heterocycles. The first kappa shape index (κ1) is 32.1. The smallest absolute Gasteiger partial charge is 0.319 e. The van der Waals surface area contributed by atoms with E-state index < -0.39 is 6.03 Å². The number of ether oxygens (including phenoxy) is 2. The standard InChI is InChI=1S/C34H40N4O6/c1-37(28-16-7-4-8-17-28)32(40)24-44-30-19-10-9-18-29(30)38(23-25-12-5-3-6-13-25)31(39)22-35-34(42)36-27-15-11-14-26(20-27)21-33(41)43-2/h4,7-11,14-20,25H,3,5-6,12-13,21-24H2,1-2H3,(H2,35,36,42). The van der Waals surface area contributed by atoms with Crippen molar-refractivity contribution in [3.8, 4) is 5.75 Å². The molecule has 44 heavy (non-hydrogen) atoms. The molecule has 10 nitrogen and oxygen atoms in total. The lowest BCUT2D eigenvalue weighted by atomic mass is 9.89. The fraction of sp³-hybridized carbons (Fsp3) is 0.353. The monoisotopic (exact) mass is 600 g/mol. The number of carbonyl (C=O) groups is 4. The van der Waals surface area contributed by atoms with Crippen molar-refractivity contribution in [2.24, 2.45) is 5.92 Å². The van der Waals surface area contributed by atoms with Crippen molar-refractivity contribution >= 4 is 40.9 Å². The van der Waals surface area contributed by atoms with Crippen LogP contribution in [0.3, 0.4) is 0 Å². The Hall–Kier alpha value is -4.86. The molecule has 0 atom stereocenters. The minimum atomic E-state index is -0.551. The minimum absolute atomic E-state index is 0.0812. The number of nitrogens with one attached hydrogen (secondary N) is 2. The molecule has 0 saturated heterocycles. The van der Waals surface area contributed by atoms with Gasteiger partial charge < -0.3 is 29.9 Å². The predicted octanol–water partition coefficient (Wildman–Crippen LogP) is 5.18. The molecule has 0 unspecified atom stereocenters. The van der Waals surface area contributed by atoms with Gasteiger partial charge in [0.15, 0.2) is 6.61 Å². The topological polar surface area (TPSA) is 117 Å². The summed E-state index contributed by atoms with van der Waals surface area (Å²) in [5.41, 5.74) is 2.48. The fourth-order valence-corrected chi connectivity index (χ4v) is 5.22. The Kier molecular flexibility index (Phi) is 11.7. The van der Waals surface area contributed by atoms with Gasteiger partial charge >= 0.3 is 12.0 Å². The van der Waals surface area contributed by atoms with E-state index >= 15 is 0 Å². The number of nitrogens with zero attached hydrogens (tertiary/aromatic N) is 2. The molecule has 0 aliphatic heterocycles. The summed E-state index contributed by atoms with van der Waals surface area (Å²) < 4.78 is 10.7. The predicted molar refractivity (Wildman–Crippen MR) is 170 cm³/mol. The Morgan fingerprint density at radius 1 is 0.864 bits per heavy atom. The van der Waals surface area contributed by atoms with Gasteiger partial charge in [0.1, 0.15) is 5.75 Å². The van der Waals surface area contributed by atoms with Crippen LogP contribution in [0.15, 0.2) is 78.9 Å². The van der Waals surface area contributed by atoms with E-state index in [1.54, 1.807) is 54.4 Å². The Balaban J connectivity index is 1.43. The molecule has 4 amide bonds. The summed E-state index contributed by atoms with van der Waals surface area (Å²) >= 11 is 0. The van der Waals surface area contributed by atoms with E-state index in [0.717, 1.165) is 31.4 Å². The average molecular weight is 601 g/mol. The number of anilines is 3. The molecule has 2 N–H and O–H groups in total. The van der Waals surface area contributed by atoms with Crippen LogP contribution in [-0.4, -0.2) is 57.7 Å². The zero-order valence-electron chi connectivity index (χ0n) is 25.3. The number of urea groups is 1. The van der Waals surface area contributed by atoms with Crippen LogP contribution in [-0.2, 0) is 25.5 Å². The zero-order chi connectivity index (χ0) is 31.3. The van der Waals surface area contributed by atoms with E-state index in [1.165, 1.54) is 18.4 Å². The first-order valence-corrected chi connectivity index (χ1v) is 14.9. The number of hydrogen-bond acceptors (Lipinski definition) is 6. The molecule has 1 fully saturated rings. The van der Waals surface area contributed by atoms with Gasteiger partial charge in [0, 0.05) is 25.0 Å². The second kappa shape index (κ2) is 16.1. The van der Waals surface area contributed by atoms with E-state index in [-0.39, 0.29) is 37.4 Å². The largest absolute Gasteiger partial charge is 0.482 e. The van der Waals surface area contributed by atoms with E-state index in [1.807, 2.05) is 36.4 Å². The van der Waals surface area contributed by atoms with Crippen LogP contribution in [0.5, 0.6) is 5.75 Å². The quantitative estimate of drug-likeness (QED) is 0.277. The third-order valence-electron chi connectivity index (χ3n) is 7.65. The molecule has 10 heteroatoms. The lowest BCUT2D eigenvalue weighted by molar-refractivity contribution is -0.139. The average Bonchev–Trinajstić information content (AvgIpc) is 3.05. The summed E-state index contributed by atoms with van der Waals surface area (Å²) in [6.07, 6.45) is 5.52. The molecule has 0 bridgehead atoms. The first-order valence-electron chi connectivity index (χ1n) is 14.9. The van der Waals surface area contributed by atoms with Crippen LogP contribution in [0.25, 0.3) is 0 Å². The maximum absolute atomic E-state index is 13.7. The van der Waals surface area contributed by atoms with Gasteiger partial charge in [-0.2, -0.15) is 0 Å². The highest BCUT2D eigenvalue weighted by Crippen LogP contribution is 2.32. The van der Waals surface area contributed by atoms with Crippen LogP contribution in [0.1, 0.15) is 37.7 Å². The van der Waals surface area contributed by atoms with Crippen LogP contribution in [0, 0.1) is 5.92 Å². The molecule has 4 rings (SSSR count). The van der Waals surface area contributed by atoms with E-state index in [4.69, 9.17) is 9.47 Å². The highest BCUT2D eigenvalue weighted by atomic mass is 16.5. The number of para-hydroxylation sites is 3. The molecule has 232 valence electrons. The molecule has 0 aromatic heterocycles. The van der Waals surface area contributed by atoms with E-state index in [9.17, 15) is 19.2 Å². The van der Waals surface area contributed by atoms with Gasteiger partial charge in [0.05, 0.1) is 25.8 Å². The van der Waals surface area contributed by atoms with Gasteiger partial charge in [-0.05, 0) is 60.7 Å². The number of methoxy groups -OCH3 is 1. The Morgan fingerprint density at radius 2 is 1.59 bits per heavy atom. The number of esters is 1. The van der Waals surface area contributed by atoms with Crippen molar-refractivity contribution in [2.45, 2.75) is 38.5 Å². The Morgan fingerprint density at radius 3 is 2.34 bits per heavy atom. The fourth-order valence-electron chi connectivity index (χ4n) is 5.22. The van der Waals surface area contributed by atoms with Crippen molar-refractivity contribution in [1.29, 1.82) is 0 Å². The van der Waals surface area contributed by atoms with Crippen LogP contribution in [0.2, 0.25) is 0 Å². The number of hydrogen-bond donors (Lipinski definition) is 2. The molecule has 0 radical (unpaired) electrons. The molecule has 3 aromatic rings. The summed E-state index contributed by atoms with van der Waals surface area (Å²) in [5.74, 6) is -0.178. The third kappa shape index (κ3) is 9.32. The van der Waals surface area contributed by atoms with Crippen LogP contribution >= 0.6 is 0 Å². The lowest BCUT2D eigenvalue weighted by Crippen LogP contribution is -2.44. The van der Waals surface area contributed by atoms with Crippen molar-refractivity contribution in [2.75, 3.05) is 49.0 Å². The zero-order valence-corrected chi connectivity index (χ0v) is 25.3. The van der Waals surface area contributed by atoms with Gasteiger partial charge in [-0.3, -0.25) is 14.4 Å². The Labute approximate surface area is 258 Å². The third-order valence-corrected chi connectivity index (χ3v) is 7.65. The summed E-state index contributed by atoms with van der Waals surface area (Å²) in [6, 6.07) is 22.8. The van der Waals surface area contributed by atoms with Gasteiger partial charge in [-0.25, -0.2) is 4.79 Å². The maximum atomic E-state index is 13.7. The van der Waals surface area contributed by atoms with Crippen LogP contribution in [0.4, 0.5) is 21.9 Å². The minimum Gasteiger partial charge on any atom is -0.482 e. The molecular weight excluding hydrogens is 560 g/mol. The van der Waals surface area contributed by atoms with Crippen molar-refractivity contribution in [3.63, 3.8) is 0 Å². The summed E-state index contributed by atoms with van der Waals surface area (Å²) in [4.78, 5) is 54.1. The summed E-state index contributed by atoms with van der Waals surface area (Å²) in [5, 5.41) is 5.38. The maximum Gasteiger partial charge on any atom is 0.319 e. The first-order chi connectivity index (χ1) is 21.3. The highest BCUT2D eigenvalue weighted by molar-refractivity contribution is 5.99. The van der Waals surface area contributed by atoms with Crippen LogP contribution < -0.4 is 25.2 Å². The van der Waals surface area contributed by atoms with Gasteiger partial charge in [-0.1, -0.05) is 61.7 Å². The summed E-state index contributed by atoms with van der Waals surface area (Å²) in [6.45, 7) is 0.0317.